The molecule has 0 aromatic carbocycles. The highest BCUT2D eigenvalue weighted by atomic mass is 32.1. The number of morpholine rings is 1. The molecule has 0 saturated carbocycles. The molecule has 0 aliphatic carbocycles. The molecule has 0 spiro atoms. The summed E-state index contributed by atoms with van der Waals surface area (Å²) >= 11 is 1.60. The van der Waals surface area contributed by atoms with Gasteiger partial charge >= 0.3 is 0 Å². The van der Waals surface area contributed by atoms with Crippen molar-refractivity contribution in [1.82, 2.24) is 25.4 Å². The van der Waals surface area contributed by atoms with Crippen LogP contribution in [-0.2, 0) is 4.74 Å². The molecular weight excluding hydrogens is 362 g/mol. The smallest absolute Gasteiger partial charge is 0.269 e. The van der Waals surface area contributed by atoms with Gasteiger partial charge in [-0.05, 0) is 29.6 Å². The number of carbonyl (C=O) groups is 1. The zero-order valence-corrected chi connectivity index (χ0v) is 15.6. The van der Waals surface area contributed by atoms with Crippen LogP contribution in [0.1, 0.15) is 22.2 Å². The second-order valence-corrected chi connectivity index (χ2v) is 7.09. The molecule has 3 aromatic heterocycles. The fourth-order valence-corrected chi connectivity index (χ4v) is 3.81. The monoisotopic (exact) mass is 383 g/mol. The Morgan fingerprint density at radius 3 is 2.96 bits per heavy atom. The molecule has 7 nitrogen and oxygen atoms in total. The molecule has 8 heteroatoms. The molecule has 1 aliphatic rings. The van der Waals surface area contributed by atoms with Crippen LogP contribution in [0.3, 0.4) is 0 Å². The van der Waals surface area contributed by atoms with E-state index in [1.165, 1.54) is 0 Å². The first-order chi connectivity index (χ1) is 13.3. The van der Waals surface area contributed by atoms with E-state index in [1.54, 1.807) is 23.6 Å². The Morgan fingerprint density at radius 1 is 1.33 bits per heavy atom. The van der Waals surface area contributed by atoms with Crippen LogP contribution >= 0.6 is 11.3 Å². The Balaban J connectivity index is 1.45. The lowest BCUT2D eigenvalue weighted by Crippen LogP contribution is -2.44. The maximum Gasteiger partial charge on any atom is 0.269 e. The Bertz CT molecular complexity index is 859. The van der Waals surface area contributed by atoms with Gasteiger partial charge in [0.1, 0.15) is 5.69 Å². The van der Waals surface area contributed by atoms with Crippen LogP contribution < -0.4 is 5.32 Å². The Kier molecular flexibility index (Phi) is 5.57. The van der Waals surface area contributed by atoms with Gasteiger partial charge in [-0.2, -0.15) is 16.4 Å². The number of aromatic nitrogens is 3. The topological polar surface area (TPSA) is 83.1 Å². The molecule has 0 radical (unpaired) electrons. The average Bonchev–Trinajstić information content (AvgIpc) is 3.41. The van der Waals surface area contributed by atoms with Gasteiger partial charge in [0.15, 0.2) is 0 Å². The van der Waals surface area contributed by atoms with Gasteiger partial charge in [0, 0.05) is 36.8 Å². The lowest BCUT2D eigenvalue weighted by Gasteiger charge is -2.34. The van der Waals surface area contributed by atoms with Gasteiger partial charge in [0.05, 0.1) is 30.6 Å². The predicted molar refractivity (Wildman–Crippen MR) is 104 cm³/mol. The van der Waals surface area contributed by atoms with Crippen LogP contribution in [0.5, 0.6) is 0 Å². The minimum atomic E-state index is -0.168. The number of hydrogen-bond donors (Lipinski definition) is 2. The number of pyridine rings is 1. The maximum absolute atomic E-state index is 12.6. The Hall–Kier alpha value is -2.55. The standard InChI is InChI=1S/C19H21N5O2S/c25-19(17-11-16(22-23-17)14-4-10-27-13-14)21-12-18(15-3-1-2-5-20-15)24-6-8-26-9-7-24/h1-5,10-11,13,18H,6-9,12H2,(H,21,25)(H,22,23)/t18-/m0/s1. The third-order valence-electron chi connectivity index (χ3n) is 4.61. The molecule has 4 rings (SSSR count). The zero-order chi connectivity index (χ0) is 18.5. The lowest BCUT2D eigenvalue weighted by atomic mass is 10.1. The van der Waals surface area contributed by atoms with Crippen LogP contribution in [-0.4, -0.2) is 58.8 Å². The van der Waals surface area contributed by atoms with E-state index in [4.69, 9.17) is 4.74 Å². The van der Waals surface area contributed by atoms with Gasteiger partial charge in [-0.1, -0.05) is 6.07 Å². The van der Waals surface area contributed by atoms with E-state index >= 15 is 0 Å². The van der Waals surface area contributed by atoms with E-state index in [1.807, 2.05) is 35.0 Å². The van der Waals surface area contributed by atoms with Crippen LogP contribution in [0.25, 0.3) is 11.3 Å². The fraction of sp³-hybridized carbons (Fsp3) is 0.316. The van der Waals surface area contributed by atoms with Crippen molar-refractivity contribution < 1.29 is 9.53 Å². The summed E-state index contributed by atoms with van der Waals surface area (Å²) in [6.45, 7) is 3.51. The summed E-state index contributed by atoms with van der Waals surface area (Å²) in [5.74, 6) is -0.168. The minimum Gasteiger partial charge on any atom is -0.379 e. The van der Waals surface area contributed by atoms with Crippen molar-refractivity contribution >= 4 is 17.2 Å². The number of nitrogens with one attached hydrogen (secondary N) is 2. The average molecular weight is 383 g/mol. The summed E-state index contributed by atoms with van der Waals surface area (Å²) in [5.41, 5.74) is 3.19. The first-order valence-electron chi connectivity index (χ1n) is 8.90. The first kappa shape index (κ1) is 17.8. The summed E-state index contributed by atoms with van der Waals surface area (Å²) in [4.78, 5) is 19.4. The van der Waals surface area contributed by atoms with Gasteiger partial charge in [-0.25, -0.2) is 0 Å². The van der Waals surface area contributed by atoms with Crippen molar-refractivity contribution in [3.8, 4) is 11.3 Å². The highest BCUT2D eigenvalue weighted by Gasteiger charge is 2.24. The second kappa shape index (κ2) is 8.43. The molecule has 2 N–H and O–H groups in total. The molecule has 3 aromatic rings. The number of ether oxygens (including phenoxy) is 1. The van der Waals surface area contributed by atoms with Crippen molar-refractivity contribution in [3.63, 3.8) is 0 Å². The summed E-state index contributed by atoms with van der Waals surface area (Å²) < 4.78 is 5.46. The van der Waals surface area contributed by atoms with E-state index in [0.717, 1.165) is 30.0 Å². The highest BCUT2D eigenvalue weighted by molar-refractivity contribution is 7.08. The van der Waals surface area contributed by atoms with Crippen LogP contribution in [0.4, 0.5) is 0 Å². The minimum absolute atomic E-state index is 0.0123. The second-order valence-electron chi connectivity index (χ2n) is 6.31. The molecular formula is C19H21N5O2S. The van der Waals surface area contributed by atoms with E-state index < -0.39 is 0 Å². The Labute approximate surface area is 161 Å². The molecule has 4 heterocycles. The number of amides is 1. The molecule has 0 bridgehead atoms. The van der Waals surface area contributed by atoms with Crippen LogP contribution in [0, 0.1) is 0 Å². The van der Waals surface area contributed by atoms with Gasteiger partial charge in [-0.15, -0.1) is 0 Å². The third-order valence-corrected chi connectivity index (χ3v) is 5.29. The number of hydrogen-bond acceptors (Lipinski definition) is 6. The molecule has 1 atom stereocenters. The summed E-state index contributed by atoms with van der Waals surface area (Å²) in [6, 6.07) is 9.64. The largest absolute Gasteiger partial charge is 0.379 e. The normalized spacial score (nSPS) is 16.1. The molecule has 1 saturated heterocycles. The number of H-pyrrole nitrogens is 1. The fourth-order valence-electron chi connectivity index (χ4n) is 3.16. The molecule has 27 heavy (non-hydrogen) atoms. The predicted octanol–water partition coefficient (Wildman–Crippen LogP) is 2.34. The number of nitrogens with zero attached hydrogens (tertiary/aromatic N) is 3. The van der Waals surface area contributed by atoms with Gasteiger partial charge < -0.3 is 10.1 Å². The molecule has 1 amide bonds. The van der Waals surface area contributed by atoms with Crippen LogP contribution in [0.15, 0.2) is 47.3 Å². The molecule has 140 valence electrons. The van der Waals surface area contributed by atoms with Crippen LogP contribution in [0.2, 0.25) is 0 Å². The highest BCUT2D eigenvalue weighted by Crippen LogP contribution is 2.21. The van der Waals surface area contributed by atoms with Crippen molar-refractivity contribution in [2.24, 2.45) is 0 Å². The molecule has 0 unspecified atom stereocenters. The van der Waals surface area contributed by atoms with Crippen molar-refractivity contribution in [2.45, 2.75) is 6.04 Å². The number of rotatable bonds is 6. The van der Waals surface area contributed by atoms with E-state index in [9.17, 15) is 4.79 Å². The Morgan fingerprint density at radius 2 is 2.22 bits per heavy atom. The van der Waals surface area contributed by atoms with E-state index in [0.29, 0.717) is 25.5 Å². The van der Waals surface area contributed by atoms with Gasteiger partial charge in [-0.3, -0.25) is 19.8 Å². The SMILES string of the molecule is O=C(NC[C@@H](c1ccccn1)N1CCOCC1)c1cc(-c2ccsc2)n[nH]1. The first-order valence-corrected chi connectivity index (χ1v) is 9.84. The van der Waals surface area contributed by atoms with Crippen molar-refractivity contribution in [1.29, 1.82) is 0 Å². The van der Waals surface area contributed by atoms with Crippen molar-refractivity contribution in [3.05, 3.63) is 58.7 Å². The summed E-state index contributed by atoms with van der Waals surface area (Å²) in [7, 11) is 0. The van der Waals surface area contributed by atoms with Crippen molar-refractivity contribution in [2.75, 3.05) is 32.8 Å². The summed E-state index contributed by atoms with van der Waals surface area (Å²) in [5, 5.41) is 14.1. The number of aromatic amines is 1. The zero-order valence-electron chi connectivity index (χ0n) is 14.8. The molecule has 1 fully saturated rings. The third kappa shape index (κ3) is 4.24. The number of carbonyl (C=O) groups excluding carboxylic acids is 1. The van der Waals surface area contributed by atoms with E-state index in [2.05, 4.69) is 25.4 Å². The maximum atomic E-state index is 12.6. The van der Waals surface area contributed by atoms with Gasteiger partial charge in [0.25, 0.3) is 5.91 Å². The number of thiophene rings is 1. The molecule has 1 aliphatic heterocycles. The van der Waals surface area contributed by atoms with E-state index in [-0.39, 0.29) is 11.9 Å². The quantitative estimate of drug-likeness (QED) is 0.683. The van der Waals surface area contributed by atoms with Gasteiger partial charge in [0.2, 0.25) is 0 Å². The lowest BCUT2D eigenvalue weighted by molar-refractivity contribution is 0.0153. The summed E-state index contributed by atoms with van der Waals surface area (Å²) in [6.07, 6.45) is 1.78.